The molecule has 0 nitrogen and oxygen atoms in total. The van der Waals surface area contributed by atoms with Gasteiger partial charge in [0.05, 0.1) is 0 Å². The molecule has 0 saturated carbocycles. The normalized spacial score (nSPS) is 37.8. The van der Waals surface area contributed by atoms with Gasteiger partial charge in [-0.25, -0.2) is 11.6 Å². The third-order valence-electron chi connectivity index (χ3n) is 3.57. The molecule has 1 atom stereocenters. The molecule has 0 aromatic carbocycles. The van der Waals surface area contributed by atoms with Crippen molar-refractivity contribution in [2.24, 2.45) is 5.92 Å². The molecule has 82 valence electrons. The zero-order valence-electron chi connectivity index (χ0n) is 8.43. The second kappa shape index (κ2) is 6.56. The molecule has 4 rings (SSSR count). The monoisotopic (exact) mass is 358 g/mol. The van der Waals surface area contributed by atoms with Crippen LogP contribution in [-0.4, -0.2) is 17.5 Å². The Kier molecular flexibility index (Phi) is 8.31. The van der Waals surface area contributed by atoms with E-state index in [0.29, 0.717) is 13.1 Å². The van der Waals surface area contributed by atoms with E-state index in [9.17, 15) is 0 Å². The van der Waals surface area contributed by atoms with E-state index in [0.717, 1.165) is 12.3 Å². The summed E-state index contributed by atoms with van der Waals surface area (Å²) in [7, 11) is 0.419. The molecule has 0 aromatic heterocycles. The fraction of sp³-hybridized carbons (Fsp3) is 0.600. The summed E-state index contributed by atoms with van der Waals surface area (Å²) in [5.41, 5.74) is 1.55. The summed E-state index contributed by atoms with van der Waals surface area (Å²) in [5, 5.41) is 0.641. The minimum atomic E-state index is 0. The van der Waals surface area contributed by atoms with Crippen molar-refractivity contribution in [3.05, 3.63) is 23.8 Å². The summed E-state index contributed by atoms with van der Waals surface area (Å²) in [5.74, 6) is 1.04. The van der Waals surface area contributed by atoms with E-state index in [1.807, 2.05) is 0 Å². The Morgan fingerprint density at radius 2 is 1.87 bits per heavy atom. The van der Waals surface area contributed by atoms with E-state index < -0.39 is 0 Å². The van der Waals surface area contributed by atoms with E-state index in [-0.39, 0.29) is 63.4 Å². The second-order valence-corrected chi connectivity index (χ2v) is 6.69. The molecule has 2 bridgehead atoms. The topological polar surface area (TPSA) is 0 Å². The minimum absolute atomic E-state index is 0. The van der Waals surface area contributed by atoms with E-state index in [1.165, 1.54) is 0 Å². The van der Waals surface area contributed by atoms with Crippen LogP contribution in [0.5, 0.6) is 0 Å². The molecule has 1 aliphatic carbocycles. The molecule has 15 heavy (non-hydrogen) atoms. The molecule has 3 heterocycles. The summed E-state index contributed by atoms with van der Waals surface area (Å²) in [4.78, 5) is 0. The van der Waals surface area contributed by atoms with Crippen LogP contribution >= 0.6 is 7.92 Å². The van der Waals surface area contributed by atoms with E-state index in [4.69, 9.17) is 0 Å². The van der Waals surface area contributed by atoms with Gasteiger partial charge in [0.2, 0.25) is 0 Å². The van der Waals surface area contributed by atoms with Crippen LogP contribution in [0.1, 0.15) is 13.3 Å². The fourth-order valence-corrected chi connectivity index (χ4v) is 5.38. The Hall–Kier alpha value is 1.66. The molecule has 3 saturated heterocycles. The van der Waals surface area contributed by atoms with Crippen LogP contribution in [0.4, 0.5) is 0 Å². The number of allylic oxidation sites excluding steroid dienone is 4. The van der Waals surface area contributed by atoms with Crippen LogP contribution in [-0.2, 0) is 26.2 Å². The second-order valence-electron chi connectivity index (χ2n) is 3.95. The third kappa shape index (κ3) is 2.43. The summed E-state index contributed by atoms with van der Waals surface area (Å²) < 4.78 is 0. The van der Waals surface area contributed by atoms with Gasteiger partial charge < -0.3 is 37.2 Å². The van der Waals surface area contributed by atoms with Crippen molar-refractivity contribution in [1.82, 2.24) is 0 Å². The van der Waals surface area contributed by atoms with Gasteiger partial charge in [-0.1, -0.05) is 14.8 Å². The molecule has 3 fully saturated rings. The number of hydrogen-bond acceptors (Lipinski definition) is 0. The van der Waals surface area contributed by atoms with Gasteiger partial charge in [0.1, 0.15) is 0 Å². The zero-order valence-corrected chi connectivity index (χ0v) is 14.1. The van der Waals surface area contributed by atoms with Crippen molar-refractivity contribution in [2.75, 3.05) is 12.3 Å². The van der Waals surface area contributed by atoms with Gasteiger partial charge >= 0.3 is 26.2 Å². The average molecular weight is 361 g/mol. The maximum Gasteiger partial charge on any atom is 4.00 e. The van der Waals surface area contributed by atoms with Crippen molar-refractivity contribution in [2.45, 2.75) is 18.5 Å². The first kappa shape index (κ1) is 19.0. The summed E-state index contributed by atoms with van der Waals surface area (Å²) in [6.45, 7) is 2.45. The van der Waals surface area contributed by atoms with Crippen molar-refractivity contribution in [1.29, 1.82) is 0 Å². The Bertz CT molecular complexity index is 264. The summed E-state index contributed by atoms with van der Waals surface area (Å²) in [6, 6.07) is 0. The van der Waals surface area contributed by atoms with Crippen LogP contribution in [0.25, 0.3) is 0 Å². The van der Waals surface area contributed by atoms with Crippen molar-refractivity contribution in [3.63, 3.8) is 0 Å². The molecule has 5 heteroatoms. The SMILES string of the molecule is CC1(C2=[C-]CC=C2)C2CP1C2.[Cl-].[Cl-].[Cl-].[Zr+4]. The smallest absolute Gasteiger partial charge is 1.00 e. The van der Waals surface area contributed by atoms with E-state index in [2.05, 4.69) is 25.2 Å². The Morgan fingerprint density at radius 1 is 1.33 bits per heavy atom. The van der Waals surface area contributed by atoms with E-state index >= 15 is 0 Å². The zero-order chi connectivity index (χ0) is 7.47. The molecular weight excluding hydrogens is 349 g/mol. The van der Waals surface area contributed by atoms with Crippen LogP contribution in [0.3, 0.4) is 0 Å². The predicted molar refractivity (Wildman–Crippen MR) is 49.1 cm³/mol. The van der Waals surface area contributed by atoms with Gasteiger partial charge in [0.15, 0.2) is 0 Å². The predicted octanol–water partition coefficient (Wildman–Crippen LogP) is -6.43. The van der Waals surface area contributed by atoms with Crippen LogP contribution in [0.15, 0.2) is 17.7 Å². The van der Waals surface area contributed by atoms with E-state index in [1.54, 1.807) is 17.9 Å². The summed E-state index contributed by atoms with van der Waals surface area (Å²) in [6.07, 6.45) is 12.2. The van der Waals surface area contributed by atoms with Gasteiger partial charge in [-0.15, -0.1) is 6.42 Å². The Labute approximate surface area is 131 Å². The van der Waals surface area contributed by atoms with Gasteiger partial charge in [-0.2, -0.15) is 6.08 Å². The number of rotatable bonds is 1. The van der Waals surface area contributed by atoms with Gasteiger partial charge in [-0.05, 0) is 23.4 Å². The quantitative estimate of drug-likeness (QED) is 0.322. The fourth-order valence-electron chi connectivity index (χ4n) is 2.39. The van der Waals surface area contributed by atoms with Crippen LogP contribution in [0.2, 0.25) is 0 Å². The molecule has 0 N–H and O–H groups in total. The minimum Gasteiger partial charge on any atom is -1.00 e. The summed E-state index contributed by atoms with van der Waals surface area (Å²) >= 11 is 0. The van der Waals surface area contributed by atoms with Crippen LogP contribution < -0.4 is 37.2 Å². The molecule has 0 radical (unpaired) electrons. The average Bonchev–Trinajstić information content (AvgIpc) is 2.30. The Balaban J connectivity index is 0. The third-order valence-corrected chi connectivity index (χ3v) is 7.26. The molecule has 0 aromatic rings. The molecular formula is C10H12Cl3PZr. The maximum absolute atomic E-state index is 3.48. The number of hydrogen-bond donors (Lipinski definition) is 0. The Morgan fingerprint density at radius 3 is 2.13 bits per heavy atom. The largest absolute Gasteiger partial charge is 4.00 e. The van der Waals surface area contributed by atoms with Gasteiger partial charge in [0.25, 0.3) is 0 Å². The maximum atomic E-state index is 3.48. The first-order valence-electron chi connectivity index (χ1n) is 4.35. The number of halogens is 3. The van der Waals surface area contributed by atoms with Crippen LogP contribution in [0, 0.1) is 12.0 Å². The van der Waals surface area contributed by atoms with Gasteiger partial charge in [-0.3, -0.25) is 6.08 Å². The molecule has 3 aliphatic heterocycles. The molecule has 0 spiro atoms. The molecule has 1 unspecified atom stereocenters. The molecule has 4 aliphatic rings. The first-order valence-corrected chi connectivity index (χ1v) is 6.06. The van der Waals surface area contributed by atoms with Crippen molar-refractivity contribution >= 4 is 7.92 Å². The molecule has 0 amide bonds. The first-order chi connectivity index (χ1) is 5.32. The van der Waals surface area contributed by atoms with Crippen molar-refractivity contribution < 1.29 is 63.4 Å². The standard InChI is InChI=1S/C10H12P.3ClH.Zr/c1-10(8-4-2-3-5-8)9-6-11(10)7-9;;;;/h2,4,9H,3,6-7H2,1H3;3*1H;/q-1;;;;+4/p-3. The van der Waals surface area contributed by atoms with Crippen molar-refractivity contribution in [3.8, 4) is 0 Å². The van der Waals surface area contributed by atoms with Gasteiger partial charge in [0, 0.05) is 0 Å².